The van der Waals surface area contributed by atoms with Crippen molar-refractivity contribution in [2.75, 3.05) is 13.1 Å². The molecular weight excluding hydrogens is 302 g/mol. The molecule has 1 saturated heterocycles. The molecule has 1 aromatic carbocycles. The lowest BCUT2D eigenvalue weighted by molar-refractivity contribution is 0.433. The van der Waals surface area contributed by atoms with E-state index in [0.717, 1.165) is 6.42 Å². The first-order valence-electron chi connectivity index (χ1n) is 6.89. The minimum Gasteiger partial charge on any atom is -0.249 e. The molecule has 22 heavy (non-hydrogen) atoms. The van der Waals surface area contributed by atoms with Crippen LogP contribution in [0.25, 0.3) is 0 Å². The summed E-state index contributed by atoms with van der Waals surface area (Å²) in [6.45, 7) is 0.883. The fraction of sp³-hybridized carbons (Fsp3) is 0.357. The number of sulfonamides is 1. The molecular formula is C14H15N5O2S. The molecule has 1 aromatic heterocycles. The molecule has 0 amide bonds. The first kappa shape index (κ1) is 14.7. The molecule has 0 spiro atoms. The zero-order valence-corrected chi connectivity index (χ0v) is 12.6. The Morgan fingerprint density at radius 1 is 1.41 bits per heavy atom. The summed E-state index contributed by atoms with van der Waals surface area (Å²) < 4.78 is 28.2. The summed E-state index contributed by atoms with van der Waals surface area (Å²) in [6, 6.07) is 8.75. The highest BCUT2D eigenvalue weighted by Gasteiger charge is 2.32. The molecule has 1 aliphatic heterocycles. The second-order valence-electron chi connectivity index (χ2n) is 5.24. The van der Waals surface area contributed by atoms with Crippen molar-refractivity contribution in [2.24, 2.45) is 0 Å². The number of hydrogen-bond acceptors (Lipinski definition) is 5. The van der Waals surface area contributed by atoms with Crippen LogP contribution in [0.2, 0.25) is 0 Å². The van der Waals surface area contributed by atoms with Gasteiger partial charge in [0.2, 0.25) is 10.0 Å². The van der Waals surface area contributed by atoms with Crippen LogP contribution < -0.4 is 0 Å². The zero-order valence-electron chi connectivity index (χ0n) is 11.8. The van der Waals surface area contributed by atoms with Crippen molar-refractivity contribution in [3.05, 3.63) is 48.0 Å². The SMILES string of the molecule is N#Cc1cccc(CS(=O)(=O)N2CCC(n3cncn3)C2)c1. The van der Waals surface area contributed by atoms with Crippen molar-refractivity contribution in [1.82, 2.24) is 19.1 Å². The molecule has 2 heterocycles. The fourth-order valence-electron chi connectivity index (χ4n) is 2.62. The Labute approximate surface area is 128 Å². The van der Waals surface area contributed by atoms with Gasteiger partial charge in [0.05, 0.1) is 23.4 Å². The molecule has 8 heteroatoms. The van der Waals surface area contributed by atoms with Crippen molar-refractivity contribution >= 4 is 10.0 Å². The van der Waals surface area contributed by atoms with E-state index in [2.05, 4.69) is 10.1 Å². The Morgan fingerprint density at radius 2 is 2.27 bits per heavy atom. The van der Waals surface area contributed by atoms with Crippen LogP contribution in [0.4, 0.5) is 0 Å². The van der Waals surface area contributed by atoms with Crippen LogP contribution in [0.5, 0.6) is 0 Å². The van der Waals surface area contributed by atoms with Gasteiger partial charge in [-0.3, -0.25) is 0 Å². The molecule has 1 atom stereocenters. The summed E-state index contributed by atoms with van der Waals surface area (Å²) in [6.07, 6.45) is 3.78. The van der Waals surface area contributed by atoms with E-state index >= 15 is 0 Å². The monoisotopic (exact) mass is 317 g/mol. The summed E-state index contributed by atoms with van der Waals surface area (Å²) in [4.78, 5) is 3.89. The Bertz CT molecular complexity index is 795. The van der Waals surface area contributed by atoms with Gasteiger partial charge in [-0.1, -0.05) is 12.1 Å². The Morgan fingerprint density at radius 3 is 3.00 bits per heavy atom. The second-order valence-corrected chi connectivity index (χ2v) is 7.21. The topological polar surface area (TPSA) is 91.9 Å². The van der Waals surface area contributed by atoms with E-state index in [9.17, 15) is 8.42 Å². The smallest absolute Gasteiger partial charge is 0.218 e. The van der Waals surface area contributed by atoms with Gasteiger partial charge in [-0.05, 0) is 24.1 Å². The van der Waals surface area contributed by atoms with E-state index in [1.165, 1.54) is 10.6 Å². The molecule has 0 saturated carbocycles. The molecule has 7 nitrogen and oxygen atoms in total. The van der Waals surface area contributed by atoms with Crippen molar-refractivity contribution in [1.29, 1.82) is 5.26 Å². The Kier molecular flexibility index (Phi) is 3.92. The summed E-state index contributed by atoms with van der Waals surface area (Å²) >= 11 is 0. The molecule has 114 valence electrons. The number of benzene rings is 1. The maximum atomic E-state index is 12.5. The van der Waals surface area contributed by atoms with Crippen molar-refractivity contribution in [3.8, 4) is 6.07 Å². The summed E-state index contributed by atoms with van der Waals surface area (Å²) in [7, 11) is -3.40. The maximum Gasteiger partial charge on any atom is 0.218 e. The molecule has 0 radical (unpaired) electrons. The first-order chi connectivity index (χ1) is 10.6. The van der Waals surface area contributed by atoms with Crippen molar-refractivity contribution in [2.45, 2.75) is 18.2 Å². The third-order valence-electron chi connectivity index (χ3n) is 3.74. The normalized spacial score (nSPS) is 19.1. The van der Waals surface area contributed by atoms with Gasteiger partial charge < -0.3 is 0 Å². The minimum atomic E-state index is -3.40. The minimum absolute atomic E-state index is 0.0303. The molecule has 0 bridgehead atoms. The Balaban J connectivity index is 1.72. The predicted octanol–water partition coefficient (Wildman–Crippen LogP) is 0.927. The molecule has 1 aliphatic rings. The largest absolute Gasteiger partial charge is 0.249 e. The Hall–Kier alpha value is -2.24. The summed E-state index contributed by atoms with van der Waals surface area (Å²) in [5.41, 5.74) is 1.10. The number of nitriles is 1. The van der Waals surface area contributed by atoms with Gasteiger partial charge in [-0.15, -0.1) is 0 Å². The summed E-state index contributed by atoms with van der Waals surface area (Å²) in [5, 5.41) is 13.0. The van der Waals surface area contributed by atoms with Gasteiger partial charge >= 0.3 is 0 Å². The molecule has 0 N–H and O–H groups in total. The van der Waals surface area contributed by atoms with Gasteiger partial charge in [0.1, 0.15) is 12.7 Å². The van der Waals surface area contributed by atoms with Crippen molar-refractivity contribution < 1.29 is 8.42 Å². The average Bonchev–Trinajstić information content (AvgIpc) is 3.18. The van der Waals surface area contributed by atoms with Crippen LogP contribution >= 0.6 is 0 Å². The van der Waals surface area contributed by atoms with Crippen LogP contribution in [0, 0.1) is 11.3 Å². The number of aromatic nitrogens is 3. The van der Waals surface area contributed by atoms with Gasteiger partial charge in [0.15, 0.2) is 0 Å². The van der Waals surface area contributed by atoms with E-state index in [1.54, 1.807) is 35.3 Å². The van der Waals surface area contributed by atoms with E-state index < -0.39 is 10.0 Å². The highest BCUT2D eigenvalue weighted by atomic mass is 32.2. The molecule has 0 aliphatic carbocycles. The molecule has 3 rings (SSSR count). The van der Waals surface area contributed by atoms with Crippen LogP contribution in [0.3, 0.4) is 0 Å². The lowest BCUT2D eigenvalue weighted by Gasteiger charge is -2.16. The molecule has 2 aromatic rings. The highest BCUT2D eigenvalue weighted by molar-refractivity contribution is 7.88. The molecule has 1 unspecified atom stereocenters. The van der Waals surface area contributed by atoms with Crippen LogP contribution in [-0.2, 0) is 15.8 Å². The standard InChI is InChI=1S/C14H15N5O2S/c15-7-12-2-1-3-13(6-12)9-22(20,21)18-5-4-14(8-18)19-11-16-10-17-19/h1-3,6,10-11,14H,4-5,8-9H2. The maximum absolute atomic E-state index is 12.5. The zero-order chi connectivity index (χ0) is 15.6. The number of nitrogens with zero attached hydrogens (tertiary/aromatic N) is 5. The van der Waals surface area contributed by atoms with E-state index in [4.69, 9.17) is 5.26 Å². The van der Waals surface area contributed by atoms with Crippen LogP contribution in [0.1, 0.15) is 23.6 Å². The van der Waals surface area contributed by atoms with Crippen LogP contribution in [-0.4, -0.2) is 40.6 Å². The van der Waals surface area contributed by atoms with E-state index in [0.29, 0.717) is 24.2 Å². The van der Waals surface area contributed by atoms with E-state index in [1.807, 2.05) is 6.07 Å². The lowest BCUT2D eigenvalue weighted by atomic mass is 10.2. The summed E-state index contributed by atoms with van der Waals surface area (Å²) in [5.74, 6) is -0.0907. The predicted molar refractivity (Wildman–Crippen MR) is 79.0 cm³/mol. The second kappa shape index (κ2) is 5.87. The molecule has 1 fully saturated rings. The lowest BCUT2D eigenvalue weighted by Crippen LogP contribution is -2.30. The fourth-order valence-corrected chi connectivity index (χ4v) is 4.18. The number of rotatable bonds is 4. The van der Waals surface area contributed by atoms with Crippen LogP contribution in [0.15, 0.2) is 36.9 Å². The third-order valence-corrected chi connectivity index (χ3v) is 5.55. The number of hydrogen-bond donors (Lipinski definition) is 0. The average molecular weight is 317 g/mol. The van der Waals surface area contributed by atoms with Gasteiger partial charge in [0.25, 0.3) is 0 Å². The quantitative estimate of drug-likeness (QED) is 0.836. The van der Waals surface area contributed by atoms with Gasteiger partial charge in [-0.25, -0.2) is 18.1 Å². The van der Waals surface area contributed by atoms with Gasteiger partial charge in [-0.2, -0.15) is 14.7 Å². The first-order valence-corrected chi connectivity index (χ1v) is 8.50. The van der Waals surface area contributed by atoms with Crippen molar-refractivity contribution in [3.63, 3.8) is 0 Å². The third kappa shape index (κ3) is 3.00. The van der Waals surface area contributed by atoms with E-state index in [-0.39, 0.29) is 11.8 Å². The highest BCUT2D eigenvalue weighted by Crippen LogP contribution is 2.24. The van der Waals surface area contributed by atoms with Gasteiger partial charge in [0, 0.05) is 13.1 Å².